The molecule has 4 unspecified atom stereocenters. The Kier molecular flexibility index (Phi) is 4.86. The lowest BCUT2D eigenvalue weighted by molar-refractivity contribution is 0.0570. The summed E-state index contributed by atoms with van der Waals surface area (Å²) in [5, 5.41) is 10.8. The summed E-state index contributed by atoms with van der Waals surface area (Å²) in [6.07, 6.45) is 3.47. The summed E-state index contributed by atoms with van der Waals surface area (Å²) in [5.74, 6) is 1.42. The predicted molar refractivity (Wildman–Crippen MR) is 76.8 cm³/mol. The second-order valence-electron chi connectivity index (χ2n) is 6.03. The van der Waals surface area contributed by atoms with Gasteiger partial charge in [0.25, 0.3) is 0 Å². The van der Waals surface area contributed by atoms with Gasteiger partial charge in [-0.05, 0) is 48.3 Å². The van der Waals surface area contributed by atoms with Crippen LogP contribution in [0.2, 0.25) is 5.02 Å². The van der Waals surface area contributed by atoms with Gasteiger partial charge in [0.15, 0.2) is 0 Å². The topological polar surface area (TPSA) is 20.2 Å². The van der Waals surface area contributed by atoms with E-state index in [4.69, 9.17) is 11.6 Å². The number of rotatable bonds is 3. The van der Waals surface area contributed by atoms with Crippen LogP contribution < -0.4 is 0 Å². The highest BCUT2D eigenvalue weighted by atomic mass is 35.5. The first-order chi connectivity index (χ1) is 8.97. The molecule has 1 aliphatic rings. The zero-order chi connectivity index (χ0) is 14.0. The fourth-order valence-electron chi connectivity index (χ4n) is 3.02. The van der Waals surface area contributed by atoms with Gasteiger partial charge in [0.05, 0.1) is 6.10 Å². The molecule has 0 amide bonds. The van der Waals surface area contributed by atoms with E-state index in [9.17, 15) is 9.50 Å². The summed E-state index contributed by atoms with van der Waals surface area (Å²) in [6.45, 7) is 4.54. The molecule has 0 radical (unpaired) electrons. The molecule has 1 aliphatic carbocycles. The molecule has 106 valence electrons. The molecular weight excluding hydrogens is 263 g/mol. The first kappa shape index (κ1) is 14.8. The Hall–Kier alpha value is -0.600. The van der Waals surface area contributed by atoms with E-state index in [0.29, 0.717) is 23.3 Å². The number of hydrogen-bond acceptors (Lipinski definition) is 1. The molecule has 0 heterocycles. The van der Waals surface area contributed by atoms with E-state index in [0.717, 1.165) is 24.3 Å². The van der Waals surface area contributed by atoms with Crippen molar-refractivity contribution >= 4 is 11.6 Å². The van der Waals surface area contributed by atoms with Crippen molar-refractivity contribution in [3.8, 4) is 0 Å². The minimum Gasteiger partial charge on any atom is -0.392 e. The van der Waals surface area contributed by atoms with E-state index in [1.54, 1.807) is 6.07 Å². The van der Waals surface area contributed by atoms with Crippen LogP contribution in [0.15, 0.2) is 18.2 Å². The highest BCUT2D eigenvalue weighted by Gasteiger charge is 2.29. The highest BCUT2D eigenvalue weighted by molar-refractivity contribution is 6.31. The van der Waals surface area contributed by atoms with Crippen LogP contribution in [0.4, 0.5) is 4.39 Å². The minimum absolute atomic E-state index is 0.330. The Bertz CT molecular complexity index is 435. The van der Waals surface area contributed by atoms with Crippen molar-refractivity contribution in [1.29, 1.82) is 0 Å². The van der Waals surface area contributed by atoms with E-state index < -0.39 is 0 Å². The summed E-state index contributed by atoms with van der Waals surface area (Å²) in [5.41, 5.74) is 0.835. The predicted octanol–water partition coefficient (Wildman–Crippen LogP) is 4.45. The third-order valence-corrected chi connectivity index (χ3v) is 4.98. The van der Waals surface area contributed by atoms with Gasteiger partial charge in [-0.3, -0.25) is 0 Å². The van der Waals surface area contributed by atoms with Crippen molar-refractivity contribution in [2.45, 2.75) is 45.6 Å². The Morgan fingerprint density at radius 1 is 1.32 bits per heavy atom. The maximum absolute atomic E-state index is 13.0. The van der Waals surface area contributed by atoms with Crippen molar-refractivity contribution in [2.24, 2.45) is 17.8 Å². The van der Waals surface area contributed by atoms with Gasteiger partial charge in [0, 0.05) is 11.4 Å². The number of benzene rings is 1. The number of hydrogen-bond donors (Lipinski definition) is 1. The van der Waals surface area contributed by atoms with Crippen LogP contribution in [-0.4, -0.2) is 11.2 Å². The standard InChI is InChI=1S/C16H22ClFO/c1-10-3-4-13(7-11(10)2)16(19)8-12-5-6-14(18)9-15(12)17/h5-6,9-11,13,16,19H,3-4,7-8H2,1-2H3. The largest absolute Gasteiger partial charge is 0.392 e. The molecule has 3 heteroatoms. The van der Waals surface area contributed by atoms with Crippen molar-refractivity contribution < 1.29 is 9.50 Å². The summed E-state index contributed by atoms with van der Waals surface area (Å²) in [4.78, 5) is 0. The average Bonchev–Trinajstić information content (AvgIpc) is 2.36. The second kappa shape index (κ2) is 6.23. The molecule has 0 aliphatic heterocycles. The quantitative estimate of drug-likeness (QED) is 0.869. The maximum Gasteiger partial charge on any atom is 0.124 e. The summed E-state index contributed by atoms with van der Waals surface area (Å²) >= 11 is 6.01. The molecule has 1 N–H and O–H groups in total. The molecule has 4 atom stereocenters. The third-order valence-electron chi connectivity index (χ3n) is 4.63. The van der Waals surface area contributed by atoms with E-state index in [1.807, 2.05) is 0 Å². The SMILES string of the molecule is CC1CCC(C(O)Cc2ccc(F)cc2Cl)CC1C. The minimum atomic E-state index is -0.377. The number of halogens is 2. The lowest BCUT2D eigenvalue weighted by atomic mass is 9.73. The summed E-state index contributed by atoms with van der Waals surface area (Å²) < 4.78 is 13.0. The monoisotopic (exact) mass is 284 g/mol. The van der Waals surface area contributed by atoms with Crippen LogP contribution in [0.25, 0.3) is 0 Å². The zero-order valence-electron chi connectivity index (χ0n) is 11.6. The summed E-state index contributed by atoms with van der Waals surface area (Å²) in [6, 6.07) is 4.39. The van der Waals surface area contributed by atoms with E-state index in [1.165, 1.54) is 18.6 Å². The highest BCUT2D eigenvalue weighted by Crippen LogP contribution is 2.36. The van der Waals surface area contributed by atoms with Gasteiger partial charge in [0.2, 0.25) is 0 Å². The normalized spacial score (nSPS) is 29.2. The van der Waals surface area contributed by atoms with Gasteiger partial charge in [0.1, 0.15) is 5.82 Å². The lowest BCUT2D eigenvalue weighted by Gasteiger charge is -2.34. The molecule has 1 aromatic carbocycles. The third kappa shape index (κ3) is 3.70. The second-order valence-corrected chi connectivity index (χ2v) is 6.44. The first-order valence-corrected chi connectivity index (χ1v) is 7.47. The molecule has 1 saturated carbocycles. The molecule has 1 fully saturated rings. The molecule has 1 aromatic rings. The molecule has 0 aromatic heterocycles. The molecule has 1 nitrogen and oxygen atoms in total. The number of aliphatic hydroxyl groups excluding tert-OH is 1. The smallest absolute Gasteiger partial charge is 0.124 e. The molecule has 2 rings (SSSR count). The fraction of sp³-hybridized carbons (Fsp3) is 0.625. The fourth-order valence-corrected chi connectivity index (χ4v) is 3.26. The van der Waals surface area contributed by atoms with Gasteiger partial charge in [-0.25, -0.2) is 4.39 Å². The van der Waals surface area contributed by atoms with Gasteiger partial charge in [-0.1, -0.05) is 37.9 Å². The first-order valence-electron chi connectivity index (χ1n) is 7.09. The van der Waals surface area contributed by atoms with Gasteiger partial charge in [-0.15, -0.1) is 0 Å². The van der Waals surface area contributed by atoms with E-state index >= 15 is 0 Å². The van der Waals surface area contributed by atoms with Crippen LogP contribution in [0.1, 0.15) is 38.7 Å². The molecule has 0 spiro atoms. The molecule has 19 heavy (non-hydrogen) atoms. The number of aliphatic hydroxyl groups is 1. The van der Waals surface area contributed by atoms with Gasteiger partial charge in [-0.2, -0.15) is 0 Å². The van der Waals surface area contributed by atoms with Crippen LogP contribution in [0.3, 0.4) is 0 Å². The maximum atomic E-state index is 13.0. The van der Waals surface area contributed by atoms with Crippen molar-refractivity contribution in [3.05, 3.63) is 34.6 Å². The Labute approximate surface area is 119 Å². The average molecular weight is 285 g/mol. The van der Waals surface area contributed by atoms with Crippen molar-refractivity contribution in [2.75, 3.05) is 0 Å². The molecule has 0 bridgehead atoms. The van der Waals surface area contributed by atoms with Crippen LogP contribution in [-0.2, 0) is 6.42 Å². The van der Waals surface area contributed by atoms with Crippen LogP contribution >= 0.6 is 11.6 Å². The van der Waals surface area contributed by atoms with Crippen LogP contribution in [0.5, 0.6) is 0 Å². The Morgan fingerprint density at radius 2 is 2.05 bits per heavy atom. The van der Waals surface area contributed by atoms with E-state index in [2.05, 4.69) is 13.8 Å². The zero-order valence-corrected chi connectivity index (χ0v) is 12.3. The lowest BCUT2D eigenvalue weighted by Crippen LogP contribution is -2.30. The Balaban J connectivity index is 1.99. The Morgan fingerprint density at radius 3 is 2.68 bits per heavy atom. The van der Waals surface area contributed by atoms with E-state index in [-0.39, 0.29) is 11.9 Å². The van der Waals surface area contributed by atoms with Crippen molar-refractivity contribution in [3.63, 3.8) is 0 Å². The van der Waals surface area contributed by atoms with Crippen molar-refractivity contribution in [1.82, 2.24) is 0 Å². The molecular formula is C16H22ClFO. The van der Waals surface area contributed by atoms with Crippen LogP contribution in [0, 0.1) is 23.6 Å². The van der Waals surface area contributed by atoms with Gasteiger partial charge >= 0.3 is 0 Å². The summed E-state index contributed by atoms with van der Waals surface area (Å²) in [7, 11) is 0. The van der Waals surface area contributed by atoms with Gasteiger partial charge < -0.3 is 5.11 Å². The molecule has 0 saturated heterocycles.